The van der Waals surface area contributed by atoms with Gasteiger partial charge in [-0.25, -0.2) is 4.79 Å². The normalized spacial score (nSPS) is 17.5. The van der Waals surface area contributed by atoms with Crippen molar-refractivity contribution in [3.05, 3.63) is 100 Å². The molecule has 1 aliphatic carbocycles. The predicted octanol–water partition coefficient (Wildman–Crippen LogP) is 4.38. The van der Waals surface area contributed by atoms with E-state index in [0.29, 0.717) is 19.4 Å². The van der Waals surface area contributed by atoms with Gasteiger partial charge in [-0.15, -0.1) is 0 Å². The molecule has 1 aromatic carbocycles. The molecule has 0 spiro atoms. The van der Waals surface area contributed by atoms with Gasteiger partial charge in [-0.2, -0.15) is 0 Å². The highest BCUT2D eigenvalue weighted by molar-refractivity contribution is 5.87. The second-order valence-electron chi connectivity index (χ2n) is 7.66. The first-order valence-electron chi connectivity index (χ1n) is 10.2. The molecule has 2 atom stereocenters. The third-order valence-electron chi connectivity index (χ3n) is 5.38. The standard InChI is InChI=1S/C25H27NO4/c1-3-8-18(19-9-5-4-6-10-19)14-13-17(2)15-26-16-20(25(29)30)24(28)23-21(26)11-7-12-22(23)27/h3-6,8-10,13-14,16-17,22,27H,1,7,11-12,15H2,2H3,(H,29,30)/b14-13-,18-8+. The number of aromatic nitrogens is 1. The van der Waals surface area contributed by atoms with Crippen LogP contribution in [0.4, 0.5) is 0 Å². The molecule has 156 valence electrons. The summed E-state index contributed by atoms with van der Waals surface area (Å²) in [5.74, 6) is -1.19. The average Bonchev–Trinajstić information content (AvgIpc) is 2.73. The van der Waals surface area contributed by atoms with Crippen molar-refractivity contribution >= 4 is 11.5 Å². The number of nitrogens with zero attached hydrogens (tertiary/aromatic N) is 1. The Labute approximate surface area is 176 Å². The van der Waals surface area contributed by atoms with Crippen LogP contribution in [0.5, 0.6) is 0 Å². The Hall–Kier alpha value is -3.18. The highest BCUT2D eigenvalue weighted by Crippen LogP contribution is 2.28. The number of carboxylic acids is 1. The molecule has 0 bridgehead atoms. The fraction of sp³-hybridized carbons (Fsp3) is 0.280. The minimum Gasteiger partial charge on any atom is -0.477 e. The maximum absolute atomic E-state index is 12.6. The number of rotatable bonds is 7. The van der Waals surface area contributed by atoms with E-state index in [-0.39, 0.29) is 17.0 Å². The van der Waals surface area contributed by atoms with Crippen LogP contribution < -0.4 is 5.43 Å². The van der Waals surface area contributed by atoms with E-state index in [1.807, 2.05) is 54.0 Å². The van der Waals surface area contributed by atoms with Crippen LogP contribution in [-0.2, 0) is 13.0 Å². The molecule has 1 aromatic heterocycles. The maximum Gasteiger partial charge on any atom is 0.341 e. The van der Waals surface area contributed by atoms with E-state index in [1.54, 1.807) is 6.08 Å². The number of allylic oxidation sites excluding steroid dienone is 5. The Morgan fingerprint density at radius 2 is 2.07 bits per heavy atom. The largest absolute Gasteiger partial charge is 0.477 e. The van der Waals surface area contributed by atoms with E-state index in [1.165, 1.54) is 6.20 Å². The summed E-state index contributed by atoms with van der Waals surface area (Å²) in [6.45, 7) is 6.34. The van der Waals surface area contributed by atoms with Gasteiger partial charge in [0.25, 0.3) is 0 Å². The molecule has 1 heterocycles. The first kappa shape index (κ1) is 21.5. The summed E-state index contributed by atoms with van der Waals surface area (Å²) in [7, 11) is 0. The van der Waals surface area contributed by atoms with Crippen molar-refractivity contribution in [1.82, 2.24) is 4.57 Å². The number of aromatic carboxylic acids is 1. The van der Waals surface area contributed by atoms with E-state index in [2.05, 4.69) is 12.7 Å². The molecule has 0 aliphatic heterocycles. The highest BCUT2D eigenvalue weighted by atomic mass is 16.4. The zero-order valence-electron chi connectivity index (χ0n) is 17.1. The molecule has 5 heteroatoms. The molecule has 0 amide bonds. The van der Waals surface area contributed by atoms with Crippen molar-refractivity contribution in [2.75, 3.05) is 0 Å². The lowest BCUT2D eigenvalue weighted by atomic mass is 9.91. The fourth-order valence-electron chi connectivity index (χ4n) is 3.91. The van der Waals surface area contributed by atoms with Gasteiger partial charge in [0.2, 0.25) is 5.43 Å². The van der Waals surface area contributed by atoms with Gasteiger partial charge in [-0.3, -0.25) is 4.79 Å². The summed E-state index contributed by atoms with van der Waals surface area (Å²) in [5, 5.41) is 19.8. The van der Waals surface area contributed by atoms with Crippen LogP contribution >= 0.6 is 0 Å². The van der Waals surface area contributed by atoms with Crippen LogP contribution in [0.1, 0.15) is 53.0 Å². The minimum atomic E-state index is -1.27. The Morgan fingerprint density at radius 1 is 1.33 bits per heavy atom. The van der Waals surface area contributed by atoms with Crippen molar-refractivity contribution in [3.8, 4) is 0 Å². The molecule has 0 radical (unpaired) electrons. The van der Waals surface area contributed by atoms with E-state index in [0.717, 1.165) is 23.3 Å². The van der Waals surface area contributed by atoms with Crippen molar-refractivity contribution in [3.63, 3.8) is 0 Å². The molecule has 0 saturated heterocycles. The number of fused-ring (bicyclic) bond motifs is 1. The smallest absolute Gasteiger partial charge is 0.341 e. The zero-order chi connectivity index (χ0) is 21.7. The van der Waals surface area contributed by atoms with Crippen LogP contribution in [0.25, 0.3) is 5.57 Å². The van der Waals surface area contributed by atoms with Gasteiger partial charge in [0.15, 0.2) is 0 Å². The van der Waals surface area contributed by atoms with Gasteiger partial charge in [-0.05, 0) is 36.3 Å². The van der Waals surface area contributed by atoms with E-state index in [9.17, 15) is 19.8 Å². The first-order valence-corrected chi connectivity index (χ1v) is 10.2. The summed E-state index contributed by atoms with van der Waals surface area (Å²) >= 11 is 0. The molecule has 3 rings (SSSR count). The SMILES string of the molecule is C=C/C=C(\C=C/C(C)Cn1cc(C(=O)O)c(=O)c2c1CCCC2O)c1ccccc1. The van der Waals surface area contributed by atoms with Gasteiger partial charge in [0, 0.05) is 24.0 Å². The number of hydrogen-bond donors (Lipinski definition) is 2. The topological polar surface area (TPSA) is 79.5 Å². The van der Waals surface area contributed by atoms with E-state index >= 15 is 0 Å². The van der Waals surface area contributed by atoms with Crippen molar-refractivity contribution in [1.29, 1.82) is 0 Å². The Bertz CT molecular complexity index is 1050. The average molecular weight is 405 g/mol. The zero-order valence-corrected chi connectivity index (χ0v) is 17.1. The Kier molecular flexibility index (Phi) is 6.85. The van der Waals surface area contributed by atoms with Gasteiger partial charge in [-0.1, -0.05) is 68.1 Å². The molecule has 2 unspecified atom stereocenters. The third kappa shape index (κ3) is 4.69. The Morgan fingerprint density at radius 3 is 2.73 bits per heavy atom. The quantitative estimate of drug-likeness (QED) is 0.670. The number of benzene rings is 1. The summed E-state index contributed by atoms with van der Waals surface area (Å²) in [4.78, 5) is 24.1. The van der Waals surface area contributed by atoms with Gasteiger partial charge < -0.3 is 14.8 Å². The lowest BCUT2D eigenvalue weighted by Gasteiger charge is -2.26. The first-order chi connectivity index (χ1) is 14.4. The van der Waals surface area contributed by atoms with Gasteiger partial charge in [0.1, 0.15) is 5.56 Å². The number of hydrogen-bond acceptors (Lipinski definition) is 3. The summed E-state index contributed by atoms with van der Waals surface area (Å²) < 4.78 is 1.83. The van der Waals surface area contributed by atoms with Gasteiger partial charge >= 0.3 is 5.97 Å². The lowest BCUT2D eigenvalue weighted by Crippen LogP contribution is -2.30. The van der Waals surface area contributed by atoms with Crippen molar-refractivity contribution in [2.45, 2.75) is 38.8 Å². The number of aliphatic hydroxyl groups is 1. The van der Waals surface area contributed by atoms with Gasteiger partial charge in [0.05, 0.1) is 6.10 Å². The number of carbonyl (C=O) groups is 1. The number of aliphatic hydroxyl groups excluding tert-OH is 1. The molecule has 5 nitrogen and oxygen atoms in total. The second kappa shape index (κ2) is 9.55. The lowest BCUT2D eigenvalue weighted by molar-refractivity contribution is 0.0693. The number of carboxylic acid groups (broad SMARTS) is 1. The molecule has 0 saturated carbocycles. The molecular formula is C25H27NO4. The Balaban J connectivity index is 1.91. The minimum absolute atomic E-state index is 0.0780. The molecular weight excluding hydrogens is 378 g/mol. The summed E-state index contributed by atoms with van der Waals surface area (Å²) in [6, 6.07) is 9.99. The molecule has 30 heavy (non-hydrogen) atoms. The van der Waals surface area contributed by atoms with Crippen molar-refractivity contribution < 1.29 is 15.0 Å². The third-order valence-corrected chi connectivity index (χ3v) is 5.38. The van der Waals surface area contributed by atoms with Crippen LogP contribution in [0.3, 0.4) is 0 Å². The van der Waals surface area contributed by atoms with Crippen LogP contribution in [0.15, 0.2) is 72.2 Å². The molecule has 2 aromatic rings. The monoisotopic (exact) mass is 405 g/mol. The molecule has 0 fully saturated rings. The highest BCUT2D eigenvalue weighted by Gasteiger charge is 2.27. The van der Waals surface area contributed by atoms with Crippen LogP contribution in [-0.4, -0.2) is 20.7 Å². The van der Waals surface area contributed by atoms with E-state index < -0.39 is 17.5 Å². The summed E-state index contributed by atoms with van der Waals surface area (Å²) in [5.41, 5.74) is 2.24. The second-order valence-corrected chi connectivity index (χ2v) is 7.66. The maximum atomic E-state index is 12.6. The predicted molar refractivity (Wildman–Crippen MR) is 118 cm³/mol. The van der Waals surface area contributed by atoms with Crippen LogP contribution in [0, 0.1) is 5.92 Å². The fourth-order valence-corrected chi connectivity index (χ4v) is 3.91. The number of pyridine rings is 1. The van der Waals surface area contributed by atoms with Crippen molar-refractivity contribution in [2.24, 2.45) is 5.92 Å². The molecule has 1 aliphatic rings. The molecule has 2 N–H and O–H groups in total. The van der Waals surface area contributed by atoms with Crippen LogP contribution in [0.2, 0.25) is 0 Å². The van der Waals surface area contributed by atoms with E-state index in [4.69, 9.17) is 0 Å². The summed E-state index contributed by atoms with van der Waals surface area (Å²) in [6.07, 6.45) is 10.2.